The third-order valence-corrected chi connectivity index (χ3v) is 6.35. The molecule has 0 spiro atoms. The van der Waals surface area contributed by atoms with Crippen LogP contribution >= 0.6 is 0 Å². The SMILES string of the molecule is CCOC(=O)c1cnn(-c2ccc(C(=O)N3CCCC3c3nc4ccc(C)cc4[nH]3)cc2)c1C. The third kappa shape index (κ3) is 3.85. The normalized spacial score (nSPS) is 15.7. The zero-order chi connectivity index (χ0) is 23.8. The van der Waals surface area contributed by atoms with E-state index in [1.54, 1.807) is 23.7 Å². The van der Waals surface area contributed by atoms with E-state index in [-0.39, 0.29) is 17.9 Å². The predicted octanol–water partition coefficient (Wildman–Crippen LogP) is 4.52. The van der Waals surface area contributed by atoms with Crippen molar-refractivity contribution in [2.45, 2.75) is 39.7 Å². The molecule has 174 valence electrons. The maximum atomic E-state index is 13.4. The van der Waals surface area contributed by atoms with Crippen LogP contribution in [0.1, 0.15) is 63.6 Å². The molecule has 1 atom stereocenters. The highest BCUT2D eigenvalue weighted by Gasteiger charge is 2.32. The van der Waals surface area contributed by atoms with Crippen LogP contribution in [-0.2, 0) is 4.74 Å². The first-order chi connectivity index (χ1) is 16.5. The topological polar surface area (TPSA) is 93.1 Å². The summed E-state index contributed by atoms with van der Waals surface area (Å²) in [7, 11) is 0. The van der Waals surface area contributed by atoms with Crippen molar-refractivity contribution in [1.82, 2.24) is 24.6 Å². The highest BCUT2D eigenvalue weighted by Crippen LogP contribution is 2.33. The van der Waals surface area contributed by atoms with Crippen molar-refractivity contribution in [2.24, 2.45) is 0 Å². The second-order valence-electron chi connectivity index (χ2n) is 8.62. The molecule has 1 unspecified atom stereocenters. The molecule has 1 N–H and O–H groups in total. The van der Waals surface area contributed by atoms with Crippen molar-refractivity contribution >= 4 is 22.9 Å². The molecule has 1 aliphatic heterocycles. The quantitative estimate of drug-likeness (QED) is 0.445. The first-order valence-electron chi connectivity index (χ1n) is 11.6. The molecule has 0 aliphatic carbocycles. The van der Waals surface area contributed by atoms with Crippen molar-refractivity contribution in [3.05, 3.63) is 76.9 Å². The molecular formula is C26H27N5O3. The van der Waals surface area contributed by atoms with Gasteiger partial charge in [-0.1, -0.05) is 6.07 Å². The molecule has 4 aromatic rings. The Labute approximate surface area is 197 Å². The van der Waals surface area contributed by atoms with E-state index in [0.717, 1.165) is 35.4 Å². The fraction of sp³-hybridized carbons (Fsp3) is 0.308. The summed E-state index contributed by atoms with van der Waals surface area (Å²) in [6, 6.07) is 13.4. The molecule has 5 rings (SSSR count). The molecule has 2 aromatic heterocycles. The van der Waals surface area contributed by atoms with Crippen LogP contribution in [0.15, 0.2) is 48.7 Å². The number of aryl methyl sites for hydroxylation is 1. The number of H-pyrrole nitrogens is 1. The predicted molar refractivity (Wildman–Crippen MR) is 128 cm³/mol. The average Bonchev–Trinajstić information content (AvgIpc) is 3.56. The van der Waals surface area contributed by atoms with Crippen LogP contribution in [0, 0.1) is 13.8 Å². The van der Waals surface area contributed by atoms with Crippen molar-refractivity contribution in [2.75, 3.05) is 13.2 Å². The number of hydrogen-bond donors (Lipinski definition) is 1. The number of carbonyl (C=O) groups is 2. The number of benzene rings is 2. The number of amides is 1. The van der Waals surface area contributed by atoms with Crippen LogP contribution in [0.4, 0.5) is 0 Å². The summed E-state index contributed by atoms with van der Waals surface area (Å²) in [6.45, 7) is 6.65. The number of esters is 1. The summed E-state index contributed by atoms with van der Waals surface area (Å²) in [5, 5.41) is 4.33. The summed E-state index contributed by atoms with van der Waals surface area (Å²) in [6.07, 6.45) is 3.33. The standard InChI is InChI=1S/C26H27N5O3/c1-4-34-26(33)20-15-27-31(17(20)3)19-10-8-18(9-11-19)25(32)30-13-5-6-23(30)24-28-21-12-7-16(2)14-22(21)29-24/h7-12,14-15,23H,4-6,13H2,1-3H3,(H,28,29). The summed E-state index contributed by atoms with van der Waals surface area (Å²) in [5.41, 5.74) is 5.59. The van der Waals surface area contributed by atoms with Crippen LogP contribution in [0.3, 0.4) is 0 Å². The number of imidazole rings is 1. The number of fused-ring (bicyclic) bond motifs is 1. The molecule has 8 heteroatoms. The Hall–Kier alpha value is -3.94. The molecular weight excluding hydrogens is 430 g/mol. The Balaban J connectivity index is 1.37. The van der Waals surface area contributed by atoms with Gasteiger partial charge in [0, 0.05) is 12.1 Å². The molecule has 3 heterocycles. The largest absolute Gasteiger partial charge is 0.462 e. The second-order valence-corrected chi connectivity index (χ2v) is 8.62. The summed E-state index contributed by atoms with van der Waals surface area (Å²) >= 11 is 0. The van der Waals surface area contributed by atoms with Crippen LogP contribution in [0.25, 0.3) is 16.7 Å². The van der Waals surface area contributed by atoms with Gasteiger partial charge >= 0.3 is 5.97 Å². The fourth-order valence-corrected chi connectivity index (χ4v) is 4.59. The van der Waals surface area contributed by atoms with Crippen molar-refractivity contribution in [3.63, 3.8) is 0 Å². The van der Waals surface area contributed by atoms with Crippen molar-refractivity contribution in [1.29, 1.82) is 0 Å². The van der Waals surface area contributed by atoms with Gasteiger partial charge in [0.05, 0.1) is 41.3 Å². The average molecular weight is 458 g/mol. The molecule has 0 bridgehead atoms. The van der Waals surface area contributed by atoms with Crippen molar-refractivity contribution < 1.29 is 14.3 Å². The summed E-state index contributed by atoms with van der Waals surface area (Å²) < 4.78 is 6.76. The number of nitrogens with one attached hydrogen (secondary N) is 1. The van der Waals surface area contributed by atoms with E-state index in [1.165, 1.54) is 11.8 Å². The van der Waals surface area contributed by atoms with Gasteiger partial charge in [0.1, 0.15) is 11.4 Å². The van der Waals surface area contributed by atoms with Gasteiger partial charge in [-0.3, -0.25) is 4.79 Å². The smallest absolute Gasteiger partial charge is 0.341 e. The van der Waals surface area contributed by atoms with Gasteiger partial charge < -0.3 is 14.6 Å². The van der Waals surface area contributed by atoms with Crippen LogP contribution in [0.5, 0.6) is 0 Å². The van der Waals surface area contributed by atoms with Gasteiger partial charge in [-0.2, -0.15) is 5.10 Å². The van der Waals surface area contributed by atoms with E-state index >= 15 is 0 Å². The first kappa shape index (κ1) is 21.9. The zero-order valence-electron chi connectivity index (χ0n) is 19.5. The lowest BCUT2D eigenvalue weighted by Gasteiger charge is -2.23. The lowest BCUT2D eigenvalue weighted by atomic mass is 10.1. The van der Waals surface area contributed by atoms with E-state index in [2.05, 4.69) is 23.1 Å². The van der Waals surface area contributed by atoms with Crippen molar-refractivity contribution in [3.8, 4) is 5.69 Å². The van der Waals surface area contributed by atoms with Crippen LogP contribution in [-0.4, -0.2) is 49.7 Å². The second kappa shape index (κ2) is 8.78. The third-order valence-electron chi connectivity index (χ3n) is 6.35. The first-order valence-corrected chi connectivity index (χ1v) is 11.6. The minimum atomic E-state index is -0.390. The molecule has 1 aliphatic rings. The lowest BCUT2D eigenvalue weighted by Crippen LogP contribution is -2.31. The number of aromatic nitrogens is 4. The highest BCUT2D eigenvalue weighted by molar-refractivity contribution is 5.95. The maximum absolute atomic E-state index is 13.4. The van der Waals surface area contributed by atoms with Gasteiger partial charge in [0.25, 0.3) is 5.91 Å². The van der Waals surface area contributed by atoms with Crippen LogP contribution < -0.4 is 0 Å². The Morgan fingerprint density at radius 3 is 2.71 bits per heavy atom. The Bertz CT molecular complexity index is 1370. The lowest BCUT2D eigenvalue weighted by molar-refractivity contribution is 0.0525. The maximum Gasteiger partial charge on any atom is 0.341 e. The molecule has 1 amide bonds. The zero-order valence-corrected chi connectivity index (χ0v) is 19.5. The number of ether oxygens (including phenoxy) is 1. The molecule has 8 nitrogen and oxygen atoms in total. The number of rotatable bonds is 5. The molecule has 0 saturated carbocycles. The van der Waals surface area contributed by atoms with E-state index in [1.807, 2.05) is 36.1 Å². The summed E-state index contributed by atoms with van der Waals surface area (Å²) in [5.74, 6) is 0.427. The van der Waals surface area contributed by atoms with Gasteiger partial charge in [0.15, 0.2) is 0 Å². The van der Waals surface area contributed by atoms with Crippen LogP contribution in [0.2, 0.25) is 0 Å². The Morgan fingerprint density at radius 1 is 1.15 bits per heavy atom. The van der Waals surface area contributed by atoms with E-state index in [9.17, 15) is 9.59 Å². The number of hydrogen-bond acceptors (Lipinski definition) is 5. The van der Waals surface area contributed by atoms with Gasteiger partial charge in [0.2, 0.25) is 0 Å². The monoisotopic (exact) mass is 457 g/mol. The molecule has 34 heavy (non-hydrogen) atoms. The van der Waals surface area contributed by atoms with Gasteiger partial charge in [-0.25, -0.2) is 14.5 Å². The van der Waals surface area contributed by atoms with E-state index in [0.29, 0.717) is 30.0 Å². The molecule has 2 aromatic carbocycles. The highest BCUT2D eigenvalue weighted by atomic mass is 16.5. The molecule has 1 saturated heterocycles. The Morgan fingerprint density at radius 2 is 1.94 bits per heavy atom. The number of nitrogens with zero attached hydrogens (tertiary/aromatic N) is 4. The minimum Gasteiger partial charge on any atom is -0.462 e. The molecule has 0 radical (unpaired) electrons. The number of aromatic amines is 1. The van der Waals surface area contributed by atoms with Gasteiger partial charge in [-0.15, -0.1) is 0 Å². The van der Waals surface area contributed by atoms with E-state index < -0.39 is 0 Å². The number of carbonyl (C=O) groups excluding carboxylic acids is 2. The fourth-order valence-electron chi connectivity index (χ4n) is 4.59. The Kier molecular flexibility index (Phi) is 5.65. The van der Waals surface area contributed by atoms with E-state index in [4.69, 9.17) is 9.72 Å². The summed E-state index contributed by atoms with van der Waals surface area (Å²) in [4.78, 5) is 35.5. The van der Waals surface area contributed by atoms with Gasteiger partial charge in [-0.05, 0) is 75.6 Å². The minimum absolute atomic E-state index is 0.0184. The molecule has 1 fully saturated rings. The number of likely N-dealkylation sites (tertiary alicyclic amines) is 1.